The summed E-state index contributed by atoms with van der Waals surface area (Å²) in [5, 5.41) is 10.6. The van der Waals surface area contributed by atoms with Gasteiger partial charge in [-0.2, -0.15) is 0 Å². The molecule has 5 nitrogen and oxygen atoms in total. The van der Waals surface area contributed by atoms with Crippen LogP contribution in [0.2, 0.25) is 0 Å². The Kier molecular flexibility index (Phi) is 5.93. The number of fused-ring (bicyclic) bond motifs is 1. The molecule has 0 spiro atoms. The molecule has 4 rings (SSSR count). The highest BCUT2D eigenvalue weighted by molar-refractivity contribution is 6.11. The van der Waals surface area contributed by atoms with Crippen LogP contribution >= 0.6 is 0 Å². The van der Waals surface area contributed by atoms with Gasteiger partial charge in [0.1, 0.15) is 18.1 Å². The van der Waals surface area contributed by atoms with E-state index in [0.29, 0.717) is 11.3 Å². The summed E-state index contributed by atoms with van der Waals surface area (Å²) in [6.07, 6.45) is 3.87. The Morgan fingerprint density at radius 1 is 1.00 bits per heavy atom. The topological polar surface area (TPSA) is 55.3 Å². The number of hydrogen-bond donors (Lipinski definition) is 1. The van der Waals surface area contributed by atoms with E-state index in [9.17, 15) is 9.90 Å². The van der Waals surface area contributed by atoms with Crippen molar-refractivity contribution in [1.29, 1.82) is 0 Å². The van der Waals surface area contributed by atoms with Crippen LogP contribution in [0.4, 0.5) is 0 Å². The van der Waals surface area contributed by atoms with Crippen LogP contribution in [0.15, 0.2) is 67.0 Å². The van der Waals surface area contributed by atoms with Crippen molar-refractivity contribution in [3.8, 4) is 28.1 Å². The molecule has 6 heteroatoms. The molecule has 2 aromatic heterocycles. The number of ether oxygens (including phenoxy) is 1. The van der Waals surface area contributed by atoms with Crippen LogP contribution in [0.1, 0.15) is 10.4 Å². The molecule has 0 aliphatic rings. The maximum Gasteiger partial charge on any atom is 0.341 e. The number of benzene rings is 2. The van der Waals surface area contributed by atoms with Crippen LogP contribution in [0.5, 0.6) is 5.88 Å². The highest BCUT2D eigenvalue weighted by Gasteiger charge is 2.27. The molecule has 0 fully saturated rings. The van der Waals surface area contributed by atoms with Crippen LogP contribution in [-0.4, -0.2) is 22.8 Å². The van der Waals surface area contributed by atoms with E-state index >= 15 is 0 Å². The molecule has 0 aliphatic heterocycles. The van der Waals surface area contributed by atoms with Gasteiger partial charge in [0.05, 0.1) is 12.7 Å². The van der Waals surface area contributed by atoms with Crippen LogP contribution in [0.3, 0.4) is 0 Å². The SMILES string of the molecule is COc1c(C(=O)O)c2c(-c3cccc(-c4ccccc4)c3)c[n+](C)cc2n1C.[I-]. The van der Waals surface area contributed by atoms with Crippen molar-refractivity contribution in [3.05, 3.63) is 72.6 Å². The van der Waals surface area contributed by atoms with Crippen LogP contribution < -0.4 is 33.3 Å². The van der Waals surface area contributed by atoms with Gasteiger partial charge in [0.2, 0.25) is 5.88 Å². The van der Waals surface area contributed by atoms with E-state index in [1.165, 1.54) is 7.11 Å². The standard InChI is InChI=1S/C23H20N2O3.HI/c1-24-13-18(17-11-7-10-16(12-17)15-8-5-4-6-9-15)20-19(14-24)25(2)22(28-3)21(20)23(26)27;/h4-14H,1-3H3;1H. The second-order valence-electron chi connectivity index (χ2n) is 6.79. The van der Waals surface area contributed by atoms with Gasteiger partial charge in [-0.15, -0.1) is 0 Å². The predicted molar refractivity (Wildman–Crippen MR) is 108 cm³/mol. The summed E-state index contributed by atoms with van der Waals surface area (Å²) in [4.78, 5) is 12.1. The van der Waals surface area contributed by atoms with Crippen molar-refractivity contribution in [2.24, 2.45) is 14.1 Å². The van der Waals surface area contributed by atoms with Gasteiger partial charge in [-0.3, -0.25) is 0 Å². The van der Waals surface area contributed by atoms with E-state index in [0.717, 1.165) is 27.8 Å². The minimum absolute atomic E-state index is 0. The molecule has 2 heterocycles. The normalized spacial score (nSPS) is 10.6. The quantitative estimate of drug-likeness (QED) is 0.337. The van der Waals surface area contributed by atoms with Crippen molar-refractivity contribution in [2.75, 3.05) is 7.11 Å². The summed E-state index contributed by atoms with van der Waals surface area (Å²) < 4.78 is 9.14. The van der Waals surface area contributed by atoms with E-state index in [2.05, 4.69) is 24.3 Å². The molecule has 0 saturated carbocycles. The molecule has 1 N–H and O–H groups in total. The molecular formula is C23H21IN2O3. The lowest BCUT2D eigenvalue weighted by Gasteiger charge is -2.07. The van der Waals surface area contributed by atoms with E-state index in [1.54, 1.807) is 4.57 Å². The van der Waals surface area contributed by atoms with Crippen molar-refractivity contribution in [1.82, 2.24) is 4.57 Å². The molecule has 0 saturated heterocycles. The molecule has 0 unspecified atom stereocenters. The zero-order valence-electron chi connectivity index (χ0n) is 16.4. The maximum absolute atomic E-state index is 12.1. The van der Waals surface area contributed by atoms with Gasteiger partial charge in [-0.05, 0) is 22.8 Å². The summed E-state index contributed by atoms with van der Waals surface area (Å²) in [5.74, 6) is -0.661. The van der Waals surface area contributed by atoms with Gasteiger partial charge < -0.3 is 38.4 Å². The highest BCUT2D eigenvalue weighted by atomic mass is 127. The number of nitrogens with zero attached hydrogens (tertiary/aromatic N) is 2. The van der Waals surface area contributed by atoms with Crippen molar-refractivity contribution >= 4 is 16.9 Å². The summed E-state index contributed by atoms with van der Waals surface area (Å²) in [7, 11) is 5.25. The number of methoxy groups -OCH3 is 1. The predicted octanol–water partition coefficient (Wildman–Crippen LogP) is 1.05. The van der Waals surface area contributed by atoms with Gasteiger partial charge in [-0.25, -0.2) is 9.36 Å². The van der Waals surface area contributed by atoms with E-state index in [-0.39, 0.29) is 29.5 Å². The summed E-state index contributed by atoms with van der Waals surface area (Å²) in [6, 6.07) is 18.3. The fourth-order valence-electron chi connectivity index (χ4n) is 3.76. The third-order valence-corrected chi connectivity index (χ3v) is 5.00. The number of hydrogen-bond acceptors (Lipinski definition) is 2. The molecule has 0 amide bonds. The molecular weight excluding hydrogens is 479 g/mol. The third kappa shape index (κ3) is 3.60. The number of carbonyl (C=O) groups is 1. The Labute approximate surface area is 186 Å². The van der Waals surface area contributed by atoms with Crippen LogP contribution in [0.25, 0.3) is 33.2 Å². The lowest BCUT2D eigenvalue weighted by Crippen LogP contribution is -3.00. The van der Waals surface area contributed by atoms with E-state index in [4.69, 9.17) is 4.74 Å². The first-order chi connectivity index (χ1) is 13.5. The Balaban J connectivity index is 0.00000240. The Bertz CT molecular complexity index is 1200. The largest absolute Gasteiger partial charge is 1.00 e. The number of halogens is 1. The summed E-state index contributed by atoms with van der Waals surface area (Å²) in [6.45, 7) is 0. The number of rotatable bonds is 4. The third-order valence-electron chi connectivity index (χ3n) is 5.00. The maximum atomic E-state index is 12.1. The summed E-state index contributed by atoms with van der Waals surface area (Å²) in [5.41, 5.74) is 5.00. The molecule has 2 aromatic carbocycles. The second-order valence-corrected chi connectivity index (χ2v) is 6.79. The minimum atomic E-state index is -1.00. The highest BCUT2D eigenvalue weighted by Crippen LogP contribution is 2.38. The van der Waals surface area contributed by atoms with Crippen LogP contribution in [-0.2, 0) is 14.1 Å². The minimum Gasteiger partial charge on any atom is -1.00 e. The Hall–Kier alpha value is -2.87. The van der Waals surface area contributed by atoms with Gasteiger partial charge in [0.25, 0.3) is 0 Å². The number of carboxylic acids is 1. The average Bonchev–Trinajstić information content (AvgIpc) is 3.00. The first kappa shape index (κ1) is 20.9. The number of aromatic carboxylic acids is 1. The number of aromatic nitrogens is 2. The number of aryl methyl sites for hydroxylation is 2. The smallest absolute Gasteiger partial charge is 0.341 e. The lowest BCUT2D eigenvalue weighted by molar-refractivity contribution is -0.669. The summed E-state index contributed by atoms with van der Waals surface area (Å²) >= 11 is 0. The van der Waals surface area contributed by atoms with E-state index < -0.39 is 5.97 Å². The molecule has 0 atom stereocenters. The van der Waals surface area contributed by atoms with Gasteiger partial charge in [0, 0.05) is 12.4 Å². The fraction of sp³-hybridized carbons (Fsp3) is 0.130. The molecule has 0 radical (unpaired) electrons. The van der Waals surface area contributed by atoms with Crippen molar-refractivity contribution in [3.63, 3.8) is 0 Å². The average molecular weight is 500 g/mol. The zero-order valence-corrected chi connectivity index (χ0v) is 18.5. The first-order valence-electron chi connectivity index (χ1n) is 8.96. The fourth-order valence-corrected chi connectivity index (χ4v) is 3.76. The van der Waals surface area contributed by atoms with Gasteiger partial charge in [-0.1, -0.05) is 48.5 Å². The number of carboxylic acid groups (broad SMARTS) is 1. The molecule has 4 aromatic rings. The Morgan fingerprint density at radius 2 is 1.66 bits per heavy atom. The van der Waals surface area contributed by atoms with Crippen molar-refractivity contribution in [2.45, 2.75) is 0 Å². The van der Waals surface area contributed by atoms with Gasteiger partial charge in [0.15, 0.2) is 12.4 Å². The van der Waals surface area contributed by atoms with E-state index in [1.807, 2.05) is 61.4 Å². The molecule has 29 heavy (non-hydrogen) atoms. The second kappa shape index (κ2) is 8.24. The first-order valence-corrected chi connectivity index (χ1v) is 8.96. The molecule has 0 aliphatic carbocycles. The molecule has 0 bridgehead atoms. The Morgan fingerprint density at radius 3 is 2.31 bits per heavy atom. The van der Waals surface area contributed by atoms with Gasteiger partial charge >= 0.3 is 5.97 Å². The van der Waals surface area contributed by atoms with Crippen molar-refractivity contribution < 1.29 is 43.2 Å². The lowest BCUT2D eigenvalue weighted by atomic mass is 9.97. The zero-order chi connectivity index (χ0) is 19.8. The molecule has 148 valence electrons. The van der Waals surface area contributed by atoms with Crippen LogP contribution in [0, 0.1) is 0 Å². The number of pyridine rings is 1. The monoisotopic (exact) mass is 500 g/mol.